The van der Waals surface area contributed by atoms with Crippen molar-refractivity contribution in [2.24, 2.45) is 5.92 Å². The van der Waals surface area contributed by atoms with Crippen molar-refractivity contribution in [3.8, 4) is 0 Å². The number of rotatable bonds is 4. The molecule has 16 heavy (non-hydrogen) atoms. The lowest BCUT2D eigenvalue weighted by molar-refractivity contribution is -0.126. The summed E-state index contributed by atoms with van der Waals surface area (Å²) >= 11 is 0. The lowest BCUT2D eigenvalue weighted by atomic mass is 9.94. The molecular weight excluding hydrogens is 202 g/mol. The van der Waals surface area contributed by atoms with E-state index < -0.39 is 0 Å². The van der Waals surface area contributed by atoms with Crippen LogP contribution in [0.5, 0.6) is 0 Å². The number of nitrogens with zero attached hydrogens (tertiary/aromatic N) is 1. The first kappa shape index (κ1) is 11.9. The number of likely N-dealkylation sites (tertiary alicyclic amines) is 1. The predicted octanol–water partition coefficient (Wildman–Crippen LogP) is 0.196. The Bertz CT molecular complexity index is 232. The molecule has 2 rings (SSSR count). The zero-order valence-corrected chi connectivity index (χ0v) is 10.2. The summed E-state index contributed by atoms with van der Waals surface area (Å²) in [6.07, 6.45) is 3.09. The normalized spacial score (nSPS) is 24.1. The second-order valence-electron chi connectivity index (χ2n) is 4.91. The van der Waals surface area contributed by atoms with Crippen LogP contribution in [-0.2, 0) is 4.79 Å². The van der Waals surface area contributed by atoms with Gasteiger partial charge in [0.15, 0.2) is 0 Å². The van der Waals surface area contributed by atoms with Gasteiger partial charge in [0.2, 0.25) is 5.91 Å². The topological polar surface area (TPSA) is 44.4 Å². The quantitative estimate of drug-likeness (QED) is 0.718. The second kappa shape index (κ2) is 5.64. The Balaban J connectivity index is 1.69. The largest absolute Gasteiger partial charge is 0.356 e. The van der Waals surface area contributed by atoms with Crippen molar-refractivity contribution in [3.05, 3.63) is 0 Å². The Kier molecular flexibility index (Phi) is 4.18. The molecule has 0 aromatic heterocycles. The monoisotopic (exact) mass is 225 g/mol. The van der Waals surface area contributed by atoms with Gasteiger partial charge in [-0.15, -0.1) is 0 Å². The highest BCUT2D eigenvalue weighted by Gasteiger charge is 2.30. The maximum atomic E-state index is 11.8. The van der Waals surface area contributed by atoms with Crippen LogP contribution in [0.2, 0.25) is 0 Å². The van der Waals surface area contributed by atoms with Crippen molar-refractivity contribution < 1.29 is 4.79 Å². The number of amides is 1. The fourth-order valence-corrected chi connectivity index (χ4v) is 2.45. The van der Waals surface area contributed by atoms with Gasteiger partial charge in [0.25, 0.3) is 0 Å². The van der Waals surface area contributed by atoms with Crippen LogP contribution in [0.25, 0.3) is 0 Å². The Morgan fingerprint density at radius 2 is 2.06 bits per heavy atom. The minimum absolute atomic E-state index is 0.260. The molecule has 0 aromatic carbocycles. The van der Waals surface area contributed by atoms with Gasteiger partial charge in [0, 0.05) is 31.6 Å². The van der Waals surface area contributed by atoms with Gasteiger partial charge in [0.05, 0.1) is 0 Å². The molecule has 0 atom stereocenters. The number of carbonyl (C=O) groups is 1. The van der Waals surface area contributed by atoms with Crippen LogP contribution in [0.1, 0.15) is 26.2 Å². The Morgan fingerprint density at radius 3 is 2.56 bits per heavy atom. The van der Waals surface area contributed by atoms with E-state index in [0.717, 1.165) is 58.0 Å². The molecule has 1 amide bonds. The smallest absolute Gasteiger partial charge is 0.223 e. The summed E-state index contributed by atoms with van der Waals surface area (Å²) in [6.45, 7) is 7.37. The summed E-state index contributed by atoms with van der Waals surface area (Å²) in [5.74, 6) is 0.532. The number of piperidine rings is 1. The minimum Gasteiger partial charge on any atom is -0.356 e. The van der Waals surface area contributed by atoms with Crippen LogP contribution < -0.4 is 10.6 Å². The molecule has 2 heterocycles. The van der Waals surface area contributed by atoms with E-state index in [1.165, 1.54) is 0 Å². The summed E-state index contributed by atoms with van der Waals surface area (Å²) in [5, 5.41) is 6.30. The molecule has 0 unspecified atom stereocenters. The van der Waals surface area contributed by atoms with Crippen LogP contribution in [0.15, 0.2) is 0 Å². The number of hydrogen-bond acceptors (Lipinski definition) is 3. The summed E-state index contributed by atoms with van der Waals surface area (Å²) in [6, 6.07) is 0.736. The highest BCUT2D eigenvalue weighted by molar-refractivity contribution is 5.78. The van der Waals surface area contributed by atoms with E-state index >= 15 is 0 Å². The molecule has 2 fully saturated rings. The fraction of sp³-hybridized carbons (Fsp3) is 0.917. The Labute approximate surface area is 97.8 Å². The van der Waals surface area contributed by atoms with Gasteiger partial charge in [-0.2, -0.15) is 0 Å². The molecule has 0 saturated carbocycles. The maximum Gasteiger partial charge on any atom is 0.223 e. The van der Waals surface area contributed by atoms with E-state index in [1.807, 2.05) is 0 Å². The van der Waals surface area contributed by atoms with E-state index in [4.69, 9.17) is 0 Å². The van der Waals surface area contributed by atoms with Gasteiger partial charge in [-0.1, -0.05) is 6.92 Å². The molecular formula is C12H23N3O. The third-order valence-corrected chi connectivity index (χ3v) is 3.73. The van der Waals surface area contributed by atoms with Crippen molar-refractivity contribution >= 4 is 5.91 Å². The molecule has 0 spiro atoms. The van der Waals surface area contributed by atoms with Crippen LogP contribution >= 0.6 is 0 Å². The highest BCUT2D eigenvalue weighted by atomic mass is 16.1. The van der Waals surface area contributed by atoms with Crippen LogP contribution in [0.4, 0.5) is 0 Å². The van der Waals surface area contributed by atoms with Crippen molar-refractivity contribution in [1.82, 2.24) is 15.5 Å². The van der Waals surface area contributed by atoms with E-state index in [9.17, 15) is 4.79 Å². The zero-order valence-electron chi connectivity index (χ0n) is 10.2. The van der Waals surface area contributed by atoms with Gasteiger partial charge < -0.3 is 10.6 Å². The highest BCUT2D eigenvalue weighted by Crippen LogP contribution is 2.20. The van der Waals surface area contributed by atoms with Crippen molar-refractivity contribution in [1.29, 1.82) is 0 Å². The Morgan fingerprint density at radius 1 is 1.38 bits per heavy atom. The minimum atomic E-state index is 0.260. The van der Waals surface area contributed by atoms with Gasteiger partial charge in [-0.25, -0.2) is 0 Å². The lowest BCUT2D eigenvalue weighted by Gasteiger charge is -2.41. The van der Waals surface area contributed by atoms with Crippen molar-refractivity contribution in [2.75, 3.05) is 32.7 Å². The van der Waals surface area contributed by atoms with Crippen LogP contribution in [0, 0.1) is 5.92 Å². The summed E-state index contributed by atoms with van der Waals surface area (Å²) in [4.78, 5) is 14.3. The average molecular weight is 225 g/mol. The van der Waals surface area contributed by atoms with Gasteiger partial charge in [0.1, 0.15) is 0 Å². The first-order valence-corrected chi connectivity index (χ1v) is 6.53. The molecule has 2 N–H and O–H groups in total. The van der Waals surface area contributed by atoms with E-state index in [0.29, 0.717) is 0 Å². The third-order valence-electron chi connectivity index (χ3n) is 3.73. The fourth-order valence-electron chi connectivity index (χ4n) is 2.45. The third kappa shape index (κ3) is 2.74. The lowest BCUT2D eigenvalue weighted by Crippen LogP contribution is -2.59. The molecule has 0 aromatic rings. The molecule has 2 saturated heterocycles. The summed E-state index contributed by atoms with van der Waals surface area (Å²) in [7, 11) is 0. The first-order chi connectivity index (χ1) is 7.81. The number of carbonyl (C=O) groups excluding carboxylic acids is 1. The van der Waals surface area contributed by atoms with Gasteiger partial charge in [-0.3, -0.25) is 9.69 Å². The van der Waals surface area contributed by atoms with E-state index in [2.05, 4.69) is 22.5 Å². The zero-order chi connectivity index (χ0) is 11.4. The van der Waals surface area contributed by atoms with Crippen molar-refractivity contribution in [2.45, 2.75) is 32.2 Å². The predicted molar refractivity (Wildman–Crippen MR) is 64.3 cm³/mol. The molecule has 0 radical (unpaired) electrons. The van der Waals surface area contributed by atoms with Crippen LogP contribution in [0.3, 0.4) is 0 Å². The molecule has 2 aliphatic rings. The molecule has 4 nitrogen and oxygen atoms in total. The second-order valence-corrected chi connectivity index (χ2v) is 4.91. The molecule has 4 heteroatoms. The molecule has 2 aliphatic heterocycles. The number of nitrogens with one attached hydrogen (secondary N) is 2. The maximum absolute atomic E-state index is 11.8. The van der Waals surface area contributed by atoms with E-state index in [-0.39, 0.29) is 11.8 Å². The summed E-state index contributed by atoms with van der Waals surface area (Å²) < 4.78 is 0. The molecule has 92 valence electrons. The number of hydrogen-bond donors (Lipinski definition) is 2. The molecule has 0 aliphatic carbocycles. The van der Waals surface area contributed by atoms with Gasteiger partial charge in [-0.05, 0) is 32.4 Å². The SMILES string of the molecule is CCCNC(=O)C1CCN(C2CNC2)CC1. The van der Waals surface area contributed by atoms with E-state index in [1.54, 1.807) is 0 Å². The van der Waals surface area contributed by atoms with Crippen LogP contribution in [-0.4, -0.2) is 49.6 Å². The Hall–Kier alpha value is -0.610. The molecule has 0 bridgehead atoms. The van der Waals surface area contributed by atoms with Crippen molar-refractivity contribution in [3.63, 3.8) is 0 Å². The van der Waals surface area contributed by atoms with Gasteiger partial charge >= 0.3 is 0 Å². The average Bonchev–Trinajstić information content (AvgIpc) is 2.24. The first-order valence-electron chi connectivity index (χ1n) is 6.53. The standard InChI is InChI=1S/C12H23N3O/c1-2-5-14-12(16)10-3-6-15(7-4-10)11-8-13-9-11/h10-11,13H,2-9H2,1H3,(H,14,16). The summed E-state index contributed by atoms with van der Waals surface area (Å²) in [5.41, 5.74) is 0.